The highest BCUT2D eigenvalue weighted by atomic mass is 19.4. The van der Waals surface area contributed by atoms with Crippen LogP contribution in [-0.2, 0) is 12.8 Å². The minimum atomic E-state index is -4.38. The lowest BCUT2D eigenvalue weighted by Gasteiger charge is -2.10. The van der Waals surface area contributed by atoms with Gasteiger partial charge in [-0.1, -0.05) is 6.07 Å². The van der Waals surface area contributed by atoms with Gasteiger partial charge in [0.05, 0.1) is 5.56 Å². The molecule has 1 aromatic heterocycles. The first-order valence-corrected chi connectivity index (χ1v) is 6.59. The Balaban J connectivity index is 1.81. The number of alkyl halides is 3. The maximum Gasteiger partial charge on any atom is 0.416 e. The standard InChI is InChI=1S/C16H13F3N2O/c17-16(18,19)11-2-1-3-13(6-11)22-9-10-8-21-15-5-4-12(20)7-14(10)15/h1-8,21H,9,20H2. The molecule has 0 aliphatic rings. The fraction of sp³-hybridized carbons (Fsp3) is 0.125. The highest BCUT2D eigenvalue weighted by molar-refractivity contribution is 5.85. The van der Waals surface area contributed by atoms with Gasteiger partial charge in [-0.3, -0.25) is 0 Å². The summed E-state index contributed by atoms with van der Waals surface area (Å²) in [6.45, 7) is 0.158. The van der Waals surface area contributed by atoms with Crippen molar-refractivity contribution in [1.82, 2.24) is 4.98 Å². The topological polar surface area (TPSA) is 51.0 Å². The van der Waals surface area contributed by atoms with Crippen molar-refractivity contribution in [3.05, 3.63) is 59.8 Å². The van der Waals surface area contributed by atoms with Gasteiger partial charge in [0.2, 0.25) is 0 Å². The quantitative estimate of drug-likeness (QED) is 0.707. The lowest BCUT2D eigenvalue weighted by Crippen LogP contribution is -2.05. The molecule has 0 radical (unpaired) electrons. The van der Waals surface area contributed by atoms with Crippen molar-refractivity contribution in [1.29, 1.82) is 0 Å². The first-order valence-electron chi connectivity index (χ1n) is 6.59. The Kier molecular flexibility index (Phi) is 3.44. The first-order chi connectivity index (χ1) is 10.4. The molecule has 0 aliphatic carbocycles. The van der Waals surface area contributed by atoms with Gasteiger partial charge in [0.15, 0.2) is 0 Å². The molecule has 0 atom stereocenters. The number of benzene rings is 2. The molecule has 3 aromatic rings. The van der Waals surface area contributed by atoms with Crippen molar-refractivity contribution in [3.8, 4) is 5.75 Å². The molecule has 0 fully saturated rings. The van der Waals surface area contributed by atoms with E-state index in [1.165, 1.54) is 12.1 Å². The Bertz CT molecular complexity index is 809. The second-order valence-corrected chi connectivity index (χ2v) is 4.93. The molecule has 1 heterocycles. The highest BCUT2D eigenvalue weighted by Crippen LogP contribution is 2.31. The number of aromatic nitrogens is 1. The lowest BCUT2D eigenvalue weighted by atomic mass is 10.1. The Hall–Kier alpha value is -2.63. The summed E-state index contributed by atoms with van der Waals surface area (Å²) in [5.74, 6) is 0.174. The van der Waals surface area contributed by atoms with Crippen LogP contribution in [0, 0.1) is 0 Å². The maximum absolute atomic E-state index is 12.7. The van der Waals surface area contributed by atoms with Gasteiger partial charge >= 0.3 is 6.18 Å². The van der Waals surface area contributed by atoms with Crippen LogP contribution >= 0.6 is 0 Å². The average molecular weight is 306 g/mol. The Labute approximate surface area is 124 Å². The first kappa shape index (κ1) is 14.3. The number of halogens is 3. The summed E-state index contributed by atoms with van der Waals surface area (Å²) in [6.07, 6.45) is -2.62. The second kappa shape index (κ2) is 5.29. The Morgan fingerprint density at radius 1 is 1.09 bits per heavy atom. The van der Waals surface area contributed by atoms with Crippen molar-refractivity contribution in [3.63, 3.8) is 0 Å². The Morgan fingerprint density at radius 2 is 1.91 bits per heavy atom. The molecular weight excluding hydrogens is 293 g/mol. The number of ether oxygens (including phenoxy) is 1. The number of aromatic amines is 1. The summed E-state index contributed by atoms with van der Waals surface area (Å²) in [7, 11) is 0. The third-order valence-electron chi connectivity index (χ3n) is 3.35. The Morgan fingerprint density at radius 3 is 2.68 bits per heavy atom. The van der Waals surface area contributed by atoms with Crippen LogP contribution in [0.4, 0.5) is 18.9 Å². The van der Waals surface area contributed by atoms with Crippen LogP contribution in [0.1, 0.15) is 11.1 Å². The number of anilines is 1. The number of hydrogen-bond donors (Lipinski definition) is 2. The number of nitrogens with two attached hydrogens (primary N) is 1. The van der Waals surface area contributed by atoms with Crippen LogP contribution in [0.3, 0.4) is 0 Å². The molecule has 0 aliphatic heterocycles. The predicted molar refractivity (Wildman–Crippen MR) is 78.5 cm³/mol. The van der Waals surface area contributed by atoms with E-state index in [4.69, 9.17) is 10.5 Å². The third kappa shape index (κ3) is 2.86. The van der Waals surface area contributed by atoms with Gasteiger partial charge in [-0.15, -0.1) is 0 Å². The van der Waals surface area contributed by atoms with Crippen LogP contribution < -0.4 is 10.5 Å². The van der Waals surface area contributed by atoms with Crippen LogP contribution in [0.15, 0.2) is 48.7 Å². The highest BCUT2D eigenvalue weighted by Gasteiger charge is 2.30. The monoisotopic (exact) mass is 306 g/mol. The van der Waals surface area contributed by atoms with Gasteiger partial charge in [0.1, 0.15) is 12.4 Å². The minimum absolute atomic E-state index is 0.158. The number of H-pyrrole nitrogens is 1. The van der Waals surface area contributed by atoms with E-state index in [9.17, 15) is 13.2 Å². The van der Waals surface area contributed by atoms with Gasteiger partial charge in [-0.25, -0.2) is 0 Å². The van der Waals surface area contributed by atoms with Gasteiger partial charge in [-0.05, 0) is 36.4 Å². The molecule has 0 saturated heterocycles. The summed E-state index contributed by atoms with van der Waals surface area (Å²) < 4.78 is 43.5. The molecule has 114 valence electrons. The molecule has 6 heteroatoms. The predicted octanol–water partition coefficient (Wildman–Crippen LogP) is 4.35. The second-order valence-electron chi connectivity index (χ2n) is 4.93. The van der Waals surface area contributed by atoms with E-state index in [0.717, 1.165) is 28.6 Å². The molecule has 0 amide bonds. The fourth-order valence-electron chi connectivity index (χ4n) is 2.24. The largest absolute Gasteiger partial charge is 0.489 e. The summed E-state index contributed by atoms with van der Waals surface area (Å²) in [4.78, 5) is 3.07. The molecule has 3 rings (SSSR count). The van der Waals surface area contributed by atoms with Crippen molar-refractivity contribution >= 4 is 16.6 Å². The molecule has 0 saturated carbocycles. The van der Waals surface area contributed by atoms with E-state index in [-0.39, 0.29) is 12.4 Å². The number of nitrogen functional groups attached to an aromatic ring is 1. The summed E-state index contributed by atoms with van der Waals surface area (Å²) in [5, 5.41) is 0.895. The smallest absolute Gasteiger partial charge is 0.416 e. The number of nitrogens with one attached hydrogen (secondary N) is 1. The van der Waals surface area contributed by atoms with Crippen LogP contribution in [0.2, 0.25) is 0 Å². The van der Waals surface area contributed by atoms with Gasteiger partial charge < -0.3 is 15.5 Å². The van der Waals surface area contributed by atoms with E-state index in [2.05, 4.69) is 4.98 Å². The minimum Gasteiger partial charge on any atom is -0.489 e. The summed E-state index contributed by atoms with van der Waals surface area (Å²) in [5.41, 5.74) is 7.37. The van der Waals surface area contributed by atoms with E-state index >= 15 is 0 Å². The molecule has 2 aromatic carbocycles. The van der Waals surface area contributed by atoms with Crippen LogP contribution in [-0.4, -0.2) is 4.98 Å². The van der Waals surface area contributed by atoms with E-state index in [1.807, 2.05) is 6.07 Å². The van der Waals surface area contributed by atoms with Crippen molar-refractivity contribution in [2.45, 2.75) is 12.8 Å². The summed E-state index contributed by atoms with van der Waals surface area (Å²) >= 11 is 0. The zero-order valence-electron chi connectivity index (χ0n) is 11.4. The number of rotatable bonds is 3. The number of hydrogen-bond acceptors (Lipinski definition) is 2. The molecule has 0 bridgehead atoms. The average Bonchev–Trinajstić information content (AvgIpc) is 2.87. The van der Waals surface area contributed by atoms with E-state index in [0.29, 0.717) is 5.69 Å². The van der Waals surface area contributed by atoms with Gasteiger partial charge in [-0.2, -0.15) is 13.2 Å². The van der Waals surface area contributed by atoms with Crippen molar-refractivity contribution < 1.29 is 17.9 Å². The van der Waals surface area contributed by atoms with Crippen molar-refractivity contribution in [2.75, 3.05) is 5.73 Å². The van der Waals surface area contributed by atoms with Crippen LogP contribution in [0.25, 0.3) is 10.9 Å². The van der Waals surface area contributed by atoms with E-state index in [1.54, 1.807) is 18.3 Å². The lowest BCUT2D eigenvalue weighted by molar-refractivity contribution is -0.137. The van der Waals surface area contributed by atoms with Crippen molar-refractivity contribution in [2.24, 2.45) is 0 Å². The van der Waals surface area contributed by atoms with Crippen LogP contribution in [0.5, 0.6) is 5.75 Å². The molecule has 3 nitrogen and oxygen atoms in total. The van der Waals surface area contributed by atoms with Gasteiger partial charge in [0.25, 0.3) is 0 Å². The molecule has 3 N–H and O–H groups in total. The molecule has 0 spiro atoms. The SMILES string of the molecule is Nc1ccc2[nH]cc(COc3cccc(C(F)(F)F)c3)c2c1. The van der Waals surface area contributed by atoms with E-state index < -0.39 is 11.7 Å². The molecule has 22 heavy (non-hydrogen) atoms. The molecular formula is C16H13F3N2O. The number of fused-ring (bicyclic) bond motifs is 1. The zero-order valence-corrected chi connectivity index (χ0v) is 11.4. The maximum atomic E-state index is 12.7. The zero-order chi connectivity index (χ0) is 15.7. The molecule has 0 unspecified atom stereocenters. The third-order valence-corrected chi connectivity index (χ3v) is 3.35. The summed E-state index contributed by atoms with van der Waals surface area (Å²) in [6, 6.07) is 10.2. The van der Waals surface area contributed by atoms with Gasteiger partial charge in [0, 0.05) is 28.4 Å². The normalized spacial score (nSPS) is 11.8. The fourth-order valence-corrected chi connectivity index (χ4v) is 2.24.